The number of benzene rings is 1. The summed E-state index contributed by atoms with van der Waals surface area (Å²) in [6.07, 6.45) is 1.50. The number of hydrogen-bond donors (Lipinski definition) is 0. The lowest BCUT2D eigenvalue weighted by atomic mass is 10.1. The first-order valence-electron chi connectivity index (χ1n) is 5.87. The van der Waals surface area contributed by atoms with E-state index in [1.165, 1.54) is 24.5 Å². The number of carbonyl (C=O) groups excluding carboxylic acids is 2. The third kappa shape index (κ3) is 4.03. The van der Waals surface area contributed by atoms with Gasteiger partial charge in [-0.2, -0.15) is 0 Å². The maximum absolute atomic E-state index is 12.4. The van der Waals surface area contributed by atoms with Gasteiger partial charge in [-0.1, -0.05) is 23.7 Å². The second-order valence-corrected chi connectivity index (χ2v) is 6.93. The highest BCUT2D eigenvalue weighted by Gasteiger charge is 2.22. The molecular weight excluding hydrogens is 376 g/mol. The molecule has 1 heterocycles. The van der Waals surface area contributed by atoms with Crippen molar-refractivity contribution in [2.75, 3.05) is 7.11 Å². The first kappa shape index (κ1) is 15.9. The van der Waals surface area contributed by atoms with Crippen LogP contribution in [0.25, 0.3) is 6.08 Å². The molecule has 1 aromatic carbocycles. The van der Waals surface area contributed by atoms with Gasteiger partial charge in [0.25, 0.3) is 0 Å². The third-order valence-electron chi connectivity index (χ3n) is 2.63. The molecule has 3 nitrogen and oxygen atoms in total. The number of ether oxygens (including phenoxy) is 1. The predicted octanol–water partition coefficient (Wildman–Crippen LogP) is 4.60. The third-order valence-corrected chi connectivity index (χ3v) is 4.50. The minimum absolute atomic E-state index is 0.0193. The molecule has 2 aromatic rings. The molecule has 0 saturated carbocycles. The van der Waals surface area contributed by atoms with E-state index >= 15 is 0 Å². The zero-order valence-corrected chi connectivity index (χ0v) is 14.1. The average Bonchev–Trinajstić information content (AvgIpc) is 2.92. The molecule has 0 saturated heterocycles. The van der Waals surface area contributed by atoms with Crippen LogP contribution < -0.4 is 0 Å². The van der Waals surface area contributed by atoms with Gasteiger partial charge in [0.05, 0.1) is 15.8 Å². The lowest BCUT2D eigenvalue weighted by molar-refractivity contribution is -0.135. The first-order valence-corrected chi connectivity index (χ1v) is 7.85. The minimum atomic E-state index is -0.667. The van der Waals surface area contributed by atoms with Gasteiger partial charge in [0.2, 0.25) is 5.78 Å². The van der Waals surface area contributed by atoms with Crippen molar-refractivity contribution < 1.29 is 14.3 Å². The molecule has 0 spiro atoms. The van der Waals surface area contributed by atoms with Gasteiger partial charge < -0.3 is 4.74 Å². The predicted molar refractivity (Wildman–Crippen MR) is 87.8 cm³/mol. The summed E-state index contributed by atoms with van der Waals surface area (Å²) in [5.74, 6) is -1.04. The lowest BCUT2D eigenvalue weighted by Gasteiger charge is -2.04. The molecule has 0 fully saturated rings. The normalized spacial score (nSPS) is 11.3. The van der Waals surface area contributed by atoms with E-state index in [1.807, 2.05) is 0 Å². The van der Waals surface area contributed by atoms with Crippen LogP contribution in [0.2, 0.25) is 5.02 Å². The fourth-order valence-corrected chi connectivity index (χ4v) is 3.09. The van der Waals surface area contributed by atoms with Gasteiger partial charge in [-0.3, -0.25) is 4.79 Å². The van der Waals surface area contributed by atoms with Crippen LogP contribution in [0.3, 0.4) is 0 Å². The average molecular weight is 386 g/mol. The Morgan fingerprint density at radius 2 is 1.86 bits per heavy atom. The molecule has 0 aliphatic carbocycles. The van der Waals surface area contributed by atoms with Crippen LogP contribution >= 0.6 is 38.9 Å². The molecule has 6 heteroatoms. The van der Waals surface area contributed by atoms with Gasteiger partial charge in [-0.15, -0.1) is 11.3 Å². The number of ketones is 1. The molecule has 0 aliphatic rings. The van der Waals surface area contributed by atoms with Crippen molar-refractivity contribution in [3.8, 4) is 0 Å². The molecule has 108 valence electrons. The van der Waals surface area contributed by atoms with E-state index in [9.17, 15) is 9.59 Å². The second-order valence-electron chi connectivity index (χ2n) is 4.03. The maximum Gasteiger partial charge on any atom is 0.341 e. The zero-order valence-electron chi connectivity index (χ0n) is 10.9. The Kier molecular flexibility index (Phi) is 5.33. The molecule has 0 aliphatic heterocycles. The molecule has 0 atom stereocenters. The van der Waals surface area contributed by atoms with Gasteiger partial charge in [0, 0.05) is 5.02 Å². The summed E-state index contributed by atoms with van der Waals surface area (Å²) < 4.78 is 5.52. The Morgan fingerprint density at radius 1 is 1.19 bits per heavy atom. The smallest absolute Gasteiger partial charge is 0.341 e. The van der Waals surface area contributed by atoms with Crippen molar-refractivity contribution >= 4 is 56.7 Å². The quantitative estimate of drug-likeness (QED) is 0.254. The van der Waals surface area contributed by atoms with Gasteiger partial charge in [-0.25, -0.2) is 4.79 Å². The maximum atomic E-state index is 12.4. The zero-order chi connectivity index (χ0) is 15.4. The van der Waals surface area contributed by atoms with Crippen LogP contribution in [0.15, 0.2) is 45.8 Å². The number of carbonyl (C=O) groups is 2. The topological polar surface area (TPSA) is 43.4 Å². The molecule has 0 amide bonds. The standard InChI is InChI=1S/C15H10BrClO3S/c1-20-15(19)11(8-9-2-4-10(17)5-3-9)14(18)12-6-7-13(16)21-12/h2-8H,1H3. The van der Waals surface area contributed by atoms with E-state index in [4.69, 9.17) is 16.3 Å². The molecule has 0 N–H and O–H groups in total. The molecular formula is C15H10BrClO3S. The van der Waals surface area contributed by atoms with Crippen LogP contribution in [-0.2, 0) is 9.53 Å². The van der Waals surface area contributed by atoms with Crippen LogP contribution in [0.1, 0.15) is 15.2 Å². The molecule has 21 heavy (non-hydrogen) atoms. The summed E-state index contributed by atoms with van der Waals surface area (Å²) >= 11 is 10.4. The Labute approximate surface area is 139 Å². The number of methoxy groups -OCH3 is 1. The van der Waals surface area contributed by atoms with Gasteiger partial charge >= 0.3 is 5.97 Å². The van der Waals surface area contributed by atoms with Crippen LogP contribution in [0.5, 0.6) is 0 Å². The highest BCUT2D eigenvalue weighted by molar-refractivity contribution is 9.11. The monoisotopic (exact) mass is 384 g/mol. The minimum Gasteiger partial charge on any atom is -0.465 e. The first-order chi connectivity index (χ1) is 10.0. The van der Waals surface area contributed by atoms with Crippen molar-refractivity contribution in [1.82, 2.24) is 0 Å². The number of esters is 1. The fourth-order valence-electron chi connectivity index (χ4n) is 1.62. The molecule has 2 rings (SSSR count). The SMILES string of the molecule is COC(=O)C(=Cc1ccc(Cl)cc1)C(=O)c1ccc(Br)s1. The van der Waals surface area contributed by atoms with Gasteiger partial charge in [-0.05, 0) is 51.8 Å². The van der Waals surface area contributed by atoms with Crippen LogP contribution in [-0.4, -0.2) is 18.9 Å². The van der Waals surface area contributed by atoms with E-state index in [-0.39, 0.29) is 11.4 Å². The van der Waals surface area contributed by atoms with E-state index in [2.05, 4.69) is 15.9 Å². The van der Waals surface area contributed by atoms with E-state index in [0.29, 0.717) is 15.5 Å². The van der Waals surface area contributed by atoms with Crippen LogP contribution in [0, 0.1) is 0 Å². The highest BCUT2D eigenvalue weighted by Crippen LogP contribution is 2.25. The molecule has 0 radical (unpaired) electrons. The number of rotatable bonds is 4. The summed E-state index contributed by atoms with van der Waals surface area (Å²) in [5, 5.41) is 0.584. The van der Waals surface area contributed by atoms with Gasteiger partial charge in [0.15, 0.2) is 0 Å². The Bertz CT molecular complexity index is 704. The van der Waals surface area contributed by atoms with Crippen molar-refractivity contribution in [2.24, 2.45) is 0 Å². The van der Waals surface area contributed by atoms with E-state index in [1.54, 1.807) is 36.4 Å². The summed E-state index contributed by atoms with van der Waals surface area (Å²) in [6, 6.07) is 10.2. The molecule has 0 unspecified atom stereocenters. The van der Waals surface area contributed by atoms with Gasteiger partial charge in [0.1, 0.15) is 5.57 Å². The van der Waals surface area contributed by atoms with Crippen molar-refractivity contribution in [3.63, 3.8) is 0 Å². The lowest BCUT2D eigenvalue weighted by Crippen LogP contribution is -2.13. The van der Waals surface area contributed by atoms with E-state index < -0.39 is 5.97 Å². The fraction of sp³-hybridized carbons (Fsp3) is 0.0667. The Hall–Kier alpha value is -1.43. The summed E-state index contributed by atoms with van der Waals surface area (Å²) in [7, 11) is 1.25. The number of Topliss-reactive ketones (excluding diaryl/α,β-unsaturated/α-hetero) is 1. The summed E-state index contributed by atoms with van der Waals surface area (Å²) in [4.78, 5) is 24.7. The van der Waals surface area contributed by atoms with E-state index in [0.717, 1.165) is 3.79 Å². The highest BCUT2D eigenvalue weighted by atomic mass is 79.9. The van der Waals surface area contributed by atoms with Crippen molar-refractivity contribution in [1.29, 1.82) is 0 Å². The number of thiophene rings is 1. The summed E-state index contributed by atoms with van der Waals surface area (Å²) in [5.41, 5.74) is 0.679. The number of halogens is 2. The van der Waals surface area contributed by atoms with Crippen molar-refractivity contribution in [2.45, 2.75) is 0 Å². The largest absolute Gasteiger partial charge is 0.465 e. The molecule has 0 bridgehead atoms. The van der Waals surface area contributed by atoms with Crippen LogP contribution in [0.4, 0.5) is 0 Å². The Morgan fingerprint density at radius 3 is 2.38 bits per heavy atom. The van der Waals surface area contributed by atoms with Crippen molar-refractivity contribution in [3.05, 3.63) is 61.2 Å². The molecule has 1 aromatic heterocycles. The summed E-state index contributed by atoms with van der Waals surface area (Å²) in [6.45, 7) is 0. The Balaban J connectivity index is 2.41. The number of hydrogen-bond acceptors (Lipinski definition) is 4. The second kappa shape index (κ2) is 7.02.